The Hall–Kier alpha value is -3.31. The van der Waals surface area contributed by atoms with Gasteiger partial charge < -0.3 is 14.5 Å². The summed E-state index contributed by atoms with van der Waals surface area (Å²) in [6, 6.07) is 26.9. The van der Waals surface area contributed by atoms with Gasteiger partial charge in [-0.3, -0.25) is 9.69 Å². The second kappa shape index (κ2) is 10.2. The molecule has 6 rings (SSSR count). The van der Waals surface area contributed by atoms with Crippen LogP contribution >= 0.6 is 0 Å². The lowest BCUT2D eigenvalue weighted by molar-refractivity contribution is 0.0772. The number of benzene rings is 3. The Bertz CT molecular complexity index is 1240. The molecule has 1 amide bonds. The molecule has 3 aromatic carbocycles. The number of anilines is 2. The first-order valence-corrected chi connectivity index (χ1v) is 13.9. The number of ether oxygens (including phenoxy) is 1. The monoisotopic (exact) mass is 495 g/mol. The first-order chi connectivity index (χ1) is 18.2. The predicted octanol–water partition coefficient (Wildman–Crippen LogP) is 6.65. The summed E-state index contributed by atoms with van der Waals surface area (Å²) in [4.78, 5) is 20.2. The van der Waals surface area contributed by atoms with Crippen molar-refractivity contribution in [3.8, 4) is 11.5 Å². The minimum atomic E-state index is 0.0616. The molecule has 3 aromatic rings. The van der Waals surface area contributed by atoms with Crippen molar-refractivity contribution in [2.45, 2.75) is 64.1 Å². The number of piperidine rings is 1. The van der Waals surface area contributed by atoms with E-state index in [2.05, 4.69) is 58.3 Å². The molecule has 0 aliphatic carbocycles. The molecule has 3 atom stereocenters. The van der Waals surface area contributed by atoms with Crippen LogP contribution in [0.25, 0.3) is 0 Å². The van der Waals surface area contributed by atoms with E-state index in [0.717, 1.165) is 48.7 Å². The van der Waals surface area contributed by atoms with Crippen LogP contribution in [0.3, 0.4) is 0 Å². The lowest BCUT2D eigenvalue weighted by atomic mass is 9.93. The topological polar surface area (TPSA) is 36.0 Å². The molecule has 1 unspecified atom stereocenters. The summed E-state index contributed by atoms with van der Waals surface area (Å²) in [6.07, 6.45) is 5.99. The molecule has 0 saturated carbocycles. The maximum atomic E-state index is 13.1. The highest BCUT2D eigenvalue weighted by Gasteiger charge is 2.44. The SMILES string of the molecule is CCN(CC)C(=O)c1ccc2c(c1)Oc1ccccc1N2C1C[C@H]2CC[C@@H](C1)N2CCc1ccccc1. The van der Waals surface area contributed by atoms with Crippen LogP contribution in [0, 0.1) is 0 Å². The third-order valence-electron chi connectivity index (χ3n) is 8.59. The Balaban J connectivity index is 1.26. The number of carbonyl (C=O) groups is 1. The van der Waals surface area contributed by atoms with Gasteiger partial charge in [-0.15, -0.1) is 0 Å². The van der Waals surface area contributed by atoms with Crippen LogP contribution < -0.4 is 9.64 Å². The highest BCUT2D eigenvalue weighted by molar-refractivity contribution is 5.96. The molecular weight excluding hydrogens is 458 g/mol. The Morgan fingerprint density at radius 3 is 2.24 bits per heavy atom. The van der Waals surface area contributed by atoms with E-state index >= 15 is 0 Å². The van der Waals surface area contributed by atoms with Gasteiger partial charge >= 0.3 is 0 Å². The van der Waals surface area contributed by atoms with Crippen molar-refractivity contribution in [1.82, 2.24) is 9.80 Å². The molecule has 5 heteroatoms. The Morgan fingerprint density at radius 2 is 1.51 bits per heavy atom. The zero-order valence-electron chi connectivity index (χ0n) is 22.0. The fourth-order valence-electron chi connectivity index (χ4n) is 6.73. The van der Waals surface area contributed by atoms with Gasteiger partial charge in [0, 0.05) is 43.3 Å². The number of para-hydroxylation sites is 2. The molecular formula is C32H37N3O2. The van der Waals surface area contributed by atoms with Gasteiger partial charge in [-0.1, -0.05) is 42.5 Å². The van der Waals surface area contributed by atoms with Crippen molar-refractivity contribution in [2.24, 2.45) is 0 Å². The van der Waals surface area contributed by atoms with Crippen LogP contribution in [-0.4, -0.2) is 53.5 Å². The average molecular weight is 496 g/mol. The minimum Gasteiger partial charge on any atom is -0.453 e. The maximum Gasteiger partial charge on any atom is 0.253 e. The maximum absolute atomic E-state index is 13.1. The summed E-state index contributed by atoms with van der Waals surface area (Å²) in [7, 11) is 0. The van der Waals surface area contributed by atoms with Gasteiger partial charge in [0.1, 0.15) is 0 Å². The number of hydrogen-bond acceptors (Lipinski definition) is 4. The average Bonchev–Trinajstić information content (AvgIpc) is 3.17. The summed E-state index contributed by atoms with van der Waals surface area (Å²) in [5.41, 5.74) is 4.34. The predicted molar refractivity (Wildman–Crippen MR) is 149 cm³/mol. The first-order valence-electron chi connectivity index (χ1n) is 13.9. The van der Waals surface area contributed by atoms with E-state index < -0.39 is 0 Å². The van der Waals surface area contributed by atoms with Gasteiger partial charge in [0.25, 0.3) is 5.91 Å². The van der Waals surface area contributed by atoms with Crippen LogP contribution in [0.1, 0.15) is 55.5 Å². The Morgan fingerprint density at radius 1 is 0.838 bits per heavy atom. The lowest BCUT2D eigenvalue weighted by Crippen LogP contribution is -2.50. The molecule has 0 aromatic heterocycles. The van der Waals surface area contributed by atoms with Crippen LogP contribution in [0.2, 0.25) is 0 Å². The van der Waals surface area contributed by atoms with Crippen molar-refractivity contribution in [1.29, 1.82) is 0 Å². The van der Waals surface area contributed by atoms with E-state index in [1.54, 1.807) is 0 Å². The van der Waals surface area contributed by atoms with Crippen molar-refractivity contribution < 1.29 is 9.53 Å². The van der Waals surface area contributed by atoms with Crippen molar-refractivity contribution in [3.05, 3.63) is 83.9 Å². The quantitative estimate of drug-likeness (QED) is 0.368. The van der Waals surface area contributed by atoms with Crippen LogP contribution in [0.5, 0.6) is 11.5 Å². The zero-order chi connectivity index (χ0) is 25.4. The Labute approximate surface area is 220 Å². The molecule has 2 fully saturated rings. The largest absolute Gasteiger partial charge is 0.453 e. The van der Waals surface area contributed by atoms with E-state index in [1.165, 1.54) is 18.4 Å². The molecule has 5 nitrogen and oxygen atoms in total. The van der Waals surface area contributed by atoms with Crippen molar-refractivity contribution >= 4 is 17.3 Å². The number of hydrogen-bond donors (Lipinski definition) is 0. The molecule has 37 heavy (non-hydrogen) atoms. The number of nitrogens with zero attached hydrogens (tertiary/aromatic N) is 3. The van der Waals surface area contributed by atoms with E-state index in [-0.39, 0.29) is 5.91 Å². The summed E-state index contributed by atoms with van der Waals surface area (Å²) < 4.78 is 6.39. The molecule has 0 spiro atoms. The van der Waals surface area contributed by atoms with E-state index in [0.29, 0.717) is 36.8 Å². The number of rotatable bonds is 7. The minimum absolute atomic E-state index is 0.0616. The van der Waals surface area contributed by atoms with E-state index in [1.807, 2.05) is 43.0 Å². The van der Waals surface area contributed by atoms with Gasteiger partial charge in [0.15, 0.2) is 11.5 Å². The Kier molecular flexibility index (Phi) is 6.64. The van der Waals surface area contributed by atoms with Gasteiger partial charge in [-0.05, 0) is 81.8 Å². The first kappa shape index (κ1) is 24.1. The molecule has 2 bridgehead atoms. The van der Waals surface area contributed by atoms with Crippen LogP contribution in [0.4, 0.5) is 11.4 Å². The third kappa shape index (κ3) is 4.50. The standard InChI is InChI=1S/C32H37N3O2/c1-3-33(4-2)32(36)24-14-17-29-31(20-24)37-30-13-9-8-12-28(30)35(29)27-21-25-15-16-26(22-27)34(25)19-18-23-10-6-5-7-11-23/h5-14,17,20,25-27H,3-4,15-16,18-19,21-22H2,1-2H3/t25-,26+,27?. The van der Waals surface area contributed by atoms with Crippen LogP contribution in [0.15, 0.2) is 72.8 Å². The summed E-state index contributed by atoms with van der Waals surface area (Å²) in [6.45, 7) is 6.59. The lowest BCUT2D eigenvalue weighted by Gasteiger charge is -2.46. The van der Waals surface area contributed by atoms with Gasteiger partial charge in [-0.2, -0.15) is 0 Å². The van der Waals surface area contributed by atoms with Gasteiger partial charge in [0.2, 0.25) is 0 Å². The zero-order valence-corrected chi connectivity index (χ0v) is 22.0. The fraction of sp³-hybridized carbons (Fsp3) is 0.406. The molecule has 3 aliphatic heterocycles. The second-order valence-corrected chi connectivity index (χ2v) is 10.6. The molecule has 3 aliphatic rings. The van der Waals surface area contributed by atoms with Gasteiger partial charge in [0.05, 0.1) is 11.4 Å². The highest BCUT2D eigenvalue weighted by atomic mass is 16.5. The number of carbonyl (C=O) groups excluding carboxylic acids is 1. The molecule has 3 heterocycles. The normalized spacial score (nSPS) is 22.2. The summed E-state index contributed by atoms with van der Waals surface area (Å²) in [5.74, 6) is 1.73. The smallest absolute Gasteiger partial charge is 0.253 e. The number of amides is 1. The molecule has 0 radical (unpaired) electrons. The molecule has 192 valence electrons. The van der Waals surface area contributed by atoms with E-state index in [4.69, 9.17) is 4.74 Å². The van der Waals surface area contributed by atoms with Crippen molar-refractivity contribution in [3.63, 3.8) is 0 Å². The second-order valence-electron chi connectivity index (χ2n) is 10.6. The van der Waals surface area contributed by atoms with Crippen LogP contribution in [-0.2, 0) is 6.42 Å². The molecule has 0 N–H and O–H groups in total. The van der Waals surface area contributed by atoms with Gasteiger partial charge in [-0.25, -0.2) is 0 Å². The summed E-state index contributed by atoms with van der Waals surface area (Å²) in [5, 5.41) is 0. The van der Waals surface area contributed by atoms with E-state index in [9.17, 15) is 4.79 Å². The highest BCUT2D eigenvalue weighted by Crippen LogP contribution is 2.51. The number of fused-ring (bicyclic) bond motifs is 4. The third-order valence-corrected chi connectivity index (χ3v) is 8.59. The fourth-order valence-corrected chi connectivity index (χ4v) is 6.73. The summed E-state index contributed by atoms with van der Waals surface area (Å²) >= 11 is 0. The van der Waals surface area contributed by atoms with Crippen molar-refractivity contribution in [2.75, 3.05) is 24.5 Å². The molecule has 2 saturated heterocycles.